The Morgan fingerprint density at radius 3 is 2.54 bits per heavy atom. The fourth-order valence-corrected chi connectivity index (χ4v) is 4.13. The number of fused-ring (bicyclic) bond motifs is 4. The van der Waals surface area contributed by atoms with E-state index in [0.717, 1.165) is 26.7 Å². The molecule has 7 heteroatoms. The molecule has 0 aliphatic carbocycles. The number of hydrogen-bond acceptors (Lipinski definition) is 5. The van der Waals surface area contributed by atoms with E-state index in [1.165, 1.54) is 12.3 Å². The third-order valence-electron chi connectivity index (χ3n) is 4.99. The largest absolute Gasteiger partial charge is 0.457 e. The fraction of sp³-hybridized carbons (Fsp3) is 0.143. The highest BCUT2D eigenvalue weighted by Gasteiger charge is 2.45. The molecule has 2 N–H and O–H groups in total. The summed E-state index contributed by atoms with van der Waals surface area (Å²) < 4.78 is 26.5. The van der Waals surface area contributed by atoms with E-state index >= 15 is 0 Å². The van der Waals surface area contributed by atoms with Gasteiger partial charge in [-0.1, -0.05) is 22.0 Å². The predicted molar refractivity (Wildman–Crippen MR) is 107 cm³/mol. The van der Waals surface area contributed by atoms with Gasteiger partial charge in [0, 0.05) is 27.9 Å². The molecule has 1 spiro atoms. The van der Waals surface area contributed by atoms with Gasteiger partial charge in [0.25, 0.3) is 0 Å². The standard InChI is InChI=1S/C21H15BrFN3O2/c22-14-2-4-18-16(9-14)21(11-27-10-20(24)26-21)15-7-12(1-3-17(15)28-18)13-5-6-25-19(23)8-13/h1-9H,10-11H2,(H2,24,26)/t21-/m1/s1. The second kappa shape index (κ2) is 6.39. The smallest absolute Gasteiger partial charge is 0.213 e. The quantitative estimate of drug-likeness (QED) is 0.570. The molecule has 0 saturated heterocycles. The number of amidine groups is 1. The van der Waals surface area contributed by atoms with Crippen LogP contribution in [0, 0.1) is 5.95 Å². The number of hydrogen-bond donors (Lipinski definition) is 1. The molecule has 0 fully saturated rings. The first-order valence-corrected chi connectivity index (χ1v) is 9.51. The van der Waals surface area contributed by atoms with Crippen LogP contribution in [-0.4, -0.2) is 24.0 Å². The Morgan fingerprint density at radius 2 is 1.75 bits per heavy atom. The summed E-state index contributed by atoms with van der Waals surface area (Å²) in [6.07, 6.45) is 1.45. The van der Waals surface area contributed by atoms with E-state index in [1.807, 2.05) is 36.4 Å². The first-order chi connectivity index (χ1) is 13.5. The first kappa shape index (κ1) is 17.3. The molecule has 2 aromatic carbocycles. The van der Waals surface area contributed by atoms with E-state index in [1.54, 1.807) is 6.07 Å². The minimum absolute atomic E-state index is 0.288. The zero-order valence-electron chi connectivity index (χ0n) is 14.7. The van der Waals surface area contributed by atoms with E-state index in [9.17, 15) is 4.39 Å². The summed E-state index contributed by atoms with van der Waals surface area (Å²) in [5, 5.41) is 0. The number of aliphatic imine (C=N–C) groups is 1. The zero-order chi connectivity index (χ0) is 19.3. The maximum absolute atomic E-state index is 13.6. The van der Waals surface area contributed by atoms with E-state index in [0.29, 0.717) is 23.9 Å². The van der Waals surface area contributed by atoms with Crippen molar-refractivity contribution in [1.82, 2.24) is 4.98 Å². The summed E-state index contributed by atoms with van der Waals surface area (Å²) >= 11 is 3.53. The van der Waals surface area contributed by atoms with Gasteiger partial charge in [-0.25, -0.2) is 4.98 Å². The van der Waals surface area contributed by atoms with Crippen molar-refractivity contribution in [3.8, 4) is 22.6 Å². The number of nitrogens with zero attached hydrogens (tertiary/aromatic N) is 2. The van der Waals surface area contributed by atoms with Crippen LogP contribution in [0.3, 0.4) is 0 Å². The van der Waals surface area contributed by atoms with Crippen LogP contribution in [0.5, 0.6) is 11.5 Å². The molecule has 0 amide bonds. The molecule has 1 aromatic heterocycles. The van der Waals surface area contributed by atoms with Crippen molar-refractivity contribution in [2.45, 2.75) is 5.54 Å². The van der Waals surface area contributed by atoms with Crippen molar-refractivity contribution in [1.29, 1.82) is 0 Å². The molecule has 5 rings (SSSR count). The van der Waals surface area contributed by atoms with Gasteiger partial charge in [0.2, 0.25) is 5.95 Å². The topological polar surface area (TPSA) is 69.7 Å². The average Bonchev–Trinajstić information content (AvgIpc) is 2.69. The summed E-state index contributed by atoms with van der Waals surface area (Å²) in [6, 6.07) is 14.7. The second-order valence-electron chi connectivity index (χ2n) is 6.78. The second-order valence-corrected chi connectivity index (χ2v) is 7.69. The Kier molecular flexibility index (Phi) is 3.96. The Hall–Kier alpha value is -2.77. The molecule has 0 unspecified atom stereocenters. The molecule has 3 aromatic rings. The van der Waals surface area contributed by atoms with Crippen molar-refractivity contribution in [3.05, 3.63) is 76.3 Å². The summed E-state index contributed by atoms with van der Waals surface area (Å²) in [6.45, 7) is 0.623. The molecular formula is C21H15BrFN3O2. The maximum Gasteiger partial charge on any atom is 0.213 e. The normalized spacial score (nSPS) is 20.1. The summed E-state index contributed by atoms with van der Waals surface area (Å²) in [7, 11) is 0. The number of ether oxygens (including phenoxy) is 2. The number of nitrogens with two attached hydrogens (primary N) is 1. The predicted octanol–water partition coefficient (Wildman–Crippen LogP) is 4.39. The monoisotopic (exact) mass is 439 g/mol. The van der Waals surface area contributed by atoms with Crippen LogP contribution < -0.4 is 10.5 Å². The number of halogens is 2. The Morgan fingerprint density at radius 1 is 1.00 bits per heavy atom. The van der Waals surface area contributed by atoms with Crippen molar-refractivity contribution in [2.24, 2.45) is 10.7 Å². The van der Waals surface area contributed by atoms with Gasteiger partial charge >= 0.3 is 0 Å². The number of benzene rings is 2. The SMILES string of the molecule is NC1=N[C@@]2(COC1)c1cc(Br)ccc1Oc1ccc(-c3ccnc(F)c3)cc12. The van der Waals surface area contributed by atoms with Crippen LogP contribution in [-0.2, 0) is 10.3 Å². The highest BCUT2D eigenvalue weighted by Crippen LogP contribution is 2.51. The third-order valence-corrected chi connectivity index (χ3v) is 5.48. The molecule has 1 atom stereocenters. The van der Waals surface area contributed by atoms with Crippen LogP contribution >= 0.6 is 15.9 Å². The van der Waals surface area contributed by atoms with Gasteiger partial charge in [-0.3, -0.25) is 4.99 Å². The van der Waals surface area contributed by atoms with Gasteiger partial charge in [0.1, 0.15) is 29.5 Å². The summed E-state index contributed by atoms with van der Waals surface area (Å²) in [5.41, 5.74) is 8.51. The van der Waals surface area contributed by atoms with Crippen molar-refractivity contribution < 1.29 is 13.9 Å². The van der Waals surface area contributed by atoms with Crippen LogP contribution in [0.4, 0.5) is 4.39 Å². The van der Waals surface area contributed by atoms with Crippen LogP contribution in [0.25, 0.3) is 11.1 Å². The molecule has 28 heavy (non-hydrogen) atoms. The molecular weight excluding hydrogens is 425 g/mol. The maximum atomic E-state index is 13.6. The summed E-state index contributed by atoms with van der Waals surface area (Å²) in [4.78, 5) is 8.46. The molecule has 3 heterocycles. The van der Waals surface area contributed by atoms with Crippen molar-refractivity contribution in [2.75, 3.05) is 13.2 Å². The lowest BCUT2D eigenvalue weighted by Gasteiger charge is -2.39. The highest BCUT2D eigenvalue weighted by atomic mass is 79.9. The van der Waals surface area contributed by atoms with Gasteiger partial charge in [-0.05, 0) is 47.5 Å². The minimum Gasteiger partial charge on any atom is -0.457 e. The van der Waals surface area contributed by atoms with Gasteiger partial charge in [0.05, 0.1) is 6.61 Å². The van der Waals surface area contributed by atoms with E-state index in [2.05, 4.69) is 20.9 Å². The molecule has 0 bridgehead atoms. The van der Waals surface area contributed by atoms with Crippen LogP contribution in [0.1, 0.15) is 11.1 Å². The highest BCUT2D eigenvalue weighted by molar-refractivity contribution is 9.10. The lowest BCUT2D eigenvalue weighted by molar-refractivity contribution is 0.110. The molecule has 2 aliphatic rings. The first-order valence-electron chi connectivity index (χ1n) is 8.71. The van der Waals surface area contributed by atoms with E-state index < -0.39 is 11.5 Å². The zero-order valence-corrected chi connectivity index (χ0v) is 16.2. The molecule has 140 valence electrons. The van der Waals surface area contributed by atoms with Crippen LogP contribution in [0.15, 0.2) is 64.2 Å². The Bertz CT molecular complexity index is 1130. The van der Waals surface area contributed by atoms with Gasteiger partial charge < -0.3 is 15.2 Å². The third kappa shape index (κ3) is 2.70. The van der Waals surface area contributed by atoms with Gasteiger partial charge in [0.15, 0.2) is 0 Å². The lowest BCUT2D eigenvalue weighted by atomic mass is 9.79. The van der Waals surface area contributed by atoms with Crippen molar-refractivity contribution in [3.63, 3.8) is 0 Å². The Labute approximate surface area is 169 Å². The minimum atomic E-state index is -0.823. The summed E-state index contributed by atoms with van der Waals surface area (Å²) in [5.74, 6) is 1.28. The van der Waals surface area contributed by atoms with E-state index in [-0.39, 0.29) is 6.61 Å². The Balaban J connectivity index is 1.76. The number of pyridine rings is 1. The number of rotatable bonds is 1. The fourth-order valence-electron chi connectivity index (χ4n) is 3.77. The molecule has 2 aliphatic heterocycles. The van der Waals surface area contributed by atoms with Gasteiger partial charge in [-0.15, -0.1) is 0 Å². The molecule has 5 nitrogen and oxygen atoms in total. The van der Waals surface area contributed by atoms with Crippen LogP contribution in [0.2, 0.25) is 0 Å². The average molecular weight is 440 g/mol. The number of aromatic nitrogens is 1. The van der Waals surface area contributed by atoms with Gasteiger partial charge in [-0.2, -0.15) is 4.39 Å². The molecule has 0 radical (unpaired) electrons. The van der Waals surface area contributed by atoms with E-state index in [4.69, 9.17) is 20.2 Å². The van der Waals surface area contributed by atoms with Crippen molar-refractivity contribution >= 4 is 21.8 Å². The molecule has 0 saturated carbocycles. The lowest BCUT2D eigenvalue weighted by Crippen LogP contribution is -2.42.